The highest BCUT2D eigenvalue weighted by Gasteiger charge is 2.16. The predicted molar refractivity (Wildman–Crippen MR) is 130 cm³/mol. The van der Waals surface area contributed by atoms with Crippen LogP contribution in [0.2, 0.25) is 0 Å². The number of benzene rings is 3. The van der Waals surface area contributed by atoms with Gasteiger partial charge in [0.05, 0.1) is 0 Å². The molecular formula is C25H26N4O4. The summed E-state index contributed by atoms with van der Waals surface area (Å²) in [7, 11) is 0. The molecule has 8 heteroatoms. The number of nitrogens with one attached hydrogen (secondary N) is 3. The molecule has 0 heterocycles. The average Bonchev–Trinajstić information content (AvgIpc) is 2.75. The molecule has 0 spiro atoms. The number of amides is 3. The summed E-state index contributed by atoms with van der Waals surface area (Å²) >= 11 is 0. The highest BCUT2D eigenvalue weighted by Crippen LogP contribution is 2.17. The van der Waals surface area contributed by atoms with Crippen molar-refractivity contribution in [2.45, 2.75) is 26.4 Å². The third-order valence-corrected chi connectivity index (χ3v) is 4.37. The zero-order valence-electron chi connectivity index (χ0n) is 18.6. The van der Waals surface area contributed by atoms with Crippen molar-refractivity contribution in [3.8, 4) is 0 Å². The average molecular weight is 447 g/mol. The Morgan fingerprint density at radius 1 is 0.636 bits per heavy atom. The van der Waals surface area contributed by atoms with E-state index in [1.165, 1.54) is 0 Å². The fourth-order valence-corrected chi connectivity index (χ4v) is 2.80. The molecule has 8 nitrogen and oxygen atoms in total. The van der Waals surface area contributed by atoms with Crippen LogP contribution in [0.4, 0.5) is 27.5 Å². The zero-order valence-corrected chi connectivity index (χ0v) is 18.6. The van der Waals surface area contributed by atoms with Gasteiger partial charge in [-0.05, 0) is 93.6 Å². The van der Waals surface area contributed by atoms with Crippen LogP contribution < -0.4 is 21.7 Å². The summed E-state index contributed by atoms with van der Waals surface area (Å²) in [5.41, 5.74) is 8.20. The first-order chi connectivity index (χ1) is 15.6. The van der Waals surface area contributed by atoms with E-state index >= 15 is 0 Å². The van der Waals surface area contributed by atoms with Crippen molar-refractivity contribution in [3.63, 3.8) is 0 Å². The van der Waals surface area contributed by atoms with Crippen LogP contribution in [0.25, 0.3) is 0 Å². The number of nitrogen functional groups attached to an aromatic ring is 1. The molecule has 0 unspecified atom stereocenters. The maximum atomic E-state index is 12.5. The number of hydrogen-bond donors (Lipinski definition) is 4. The van der Waals surface area contributed by atoms with E-state index in [-0.39, 0.29) is 11.8 Å². The Labute approximate surface area is 192 Å². The van der Waals surface area contributed by atoms with Crippen LogP contribution in [0.3, 0.4) is 0 Å². The van der Waals surface area contributed by atoms with Crippen molar-refractivity contribution >= 4 is 40.7 Å². The van der Waals surface area contributed by atoms with E-state index in [1.807, 2.05) is 0 Å². The Morgan fingerprint density at radius 2 is 1.00 bits per heavy atom. The van der Waals surface area contributed by atoms with Gasteiger partial charge >= 0.3 is 6.09 Å². The van der Waals surface area contributed by atoms with Gasteiger partial charge in [-0.3, -0.25) is 14.9 Å². The van der Waals surface area contributed by atoms with Gasteiger partial charge in [-0.1, -0.05) is 0 Å². The van der Waals surface area contributed by atoms with Gasteiger partial charge < -0.3 is 21.1 Å². The summed E-state index contributed by atoms with van der Waals surface area (Å²) in [5.74, 6) is -0.594. The fraction of sp³-hybridized carbons (Fsp3) is 0.160. The van der Waals surface area contributed by atoms with Crippen molar-refractivity contribution in [2.24, 2.45) is 0 Å². The minimum Gasteiger partial charge on any atom is -0.444 e. The molecule has 0 saturated carbocycles. The Kier molecular flexibility index (Phi) is 6.97. The van der Waals surface area contributed by atoms with Gasteiger partial charge in [0, 0.05) is 33.9 Å². The topological polar surface area (TPSA) is 123 Å². The number of carbonyl (C=O) groups is 3. The van der Waals surface area contributed by atoms with Gasteiger partial charge in [0.15, 0.2) is 0 Å². The van der Waals surface area contributed by atoms with Crippen molar-refractivity contribution < 1.29 is 19.1 Å². The predicted octanol–water partition coefficient (Wildman–Crippen LogP) is 5.12. The quantitative estimate of drug-likeness (QED) is 0.405. The molecule has 3 rings (SSSR count). The lowest BCUT2D eigenvalue weighted by molar-refractivity contribution is 0.0635. The monoisotopic (exact) mass is 446 g/mol. The van der Waals surface area contributed by atoms with Crippen LogP contribution in [-0.4, -0.2) is 23.5 Å². The van der Waals surface area contributed by atoms with Crippen molar-refractivity contribution in [3.05, 3.63) is 83.9 Å². The largest absolute Gasteiger partial charge is 0.444 e. The number of carbonyl (C=O) groups excluding carboxylic acids is 3. The van der Waals surface area contributed by atoms with E-state index in [0.717, 1.165) is 0 Å². The lowest BCUT2D eigenvalue weighted by Gasteiger charge is -2.19. The summed E-state index contributed by atoms with van der Waals surface area (Å²) in [4.78, 5) is 36.7. The van der Waals surface area contributed by atoms with E-state index in [0.29, 0.717) is 33.9 Å². The standard InChI is InChI=1S/C25H26N4O4/c1-25(2,3)33-24(32)29-21-12-6-17(7-13-21)22(30)27-19-10-4-16(5-11-19)23(31)28-20-14-8-18(26)9-15-20/h4-15H,26H2,1-3H3,(H,27,30)(H,28,31)(H,29,32). The summed E-state index contributed by atoms with van der Waals surface area (Å²) in [6, 6.07) is 19.8. The van der Waals surface area contributed by atoms with Crippen LogP contribution in [0.5, 0.6) is 0 Å². The van der Waals surface area contributed by atoms with Gasteiger partial charge in [0.25, 0.3) is 11.8 Å². The molecule has 0 bridgehead atoms. The van der Waals surface area contributed by atoms with Gasteiger partial charge in [0.2, 0.25) is 0 Å². The number of ether oxygens (including phenoxy) is 1. The molecule has 0 saturated heterocycles. The van der Waals surface area contributed by atoms with Gasteiger partial charge in [-0.25, -0.2) is 4.79 Å². The lowest BCUT2D eigenvalue weighted by atomic mass is 10.1. The summed E-state index contributed by atoms with van der Waals surface area (Å²) in [6.07, 6.45) is -0.569. The normalized spacial score (nSPS) is 10.8. The van der Waals surface area contributed by atoms with Crippen LogP contribution in [0.1, 0.15) is 41.5 Å². The molecule has 0 aliphatic carbocycles. The van der Waals surface area contributed by atoms with Crippen LogP contribution in [-0.2, 0) is 4.74 Å². The summed E-state index contributed by atoms with van der Waals surface area (Å²) in [6.45, 7) is 5.33. The van der Waals surface area contributed by atoms with Crippen LogP contribution >= 0.6 is 0 Å². The Morgan fingerprint density at radius 3 is 1.39 bits per heavy atom. The molecule has 0 aliphatic heterocycles. The molecule has 0 aromatic heterocycles. The number of anilines is 4. The molecule has 3 aromatic carbocycles. The first-order valence-electron chi connectivity index (χ1n) is 10.3. The highest BCUT2D eigenvalue weighted by atomic mass is 16.6. The van der Waals surface area contributed by atoms with Gasteiger partial charge in [-0.15, -0.1) is 0 Å². The van der Waals surface area contributed by atoms with E-state index in [9.17, 15) is 14.4 Å². The summed E-state index contributed by atoms with van der Waals surface area (Å²) < 4.78 is 5.20. The first-order valence-corrected chi connectivity index (χ1v) is 10.3. The Hall–Kier alpha value is -4.33. The molecular weight excluding hydrogens is 420 g/mol. The molecule has 5 N–H and O–H groups in total. The van der Waals surface area contributed by atoms with Crippen molar-refractivity contribution in [1.82, 2.24) is 0 Å². The number of hydrogen-bond acceptors (Lipinski definition) is 5. The smallest absolute Gasteiger partial charge is 0.412 e. The molecule has 0 atom stereocenters. The Balaban J connectivity index is 1.56. The van der Waals surface area contributed by atoms with Crippen molar-refractivity contribution in [2.75, 3.05) is 21.7 Å². The zero-order chi connectivity index (χ0) is 24.0. The molecule has 3 aromatic rings. The molecule has 0 fully saturated rings. The molecule has 0 radical (unpaired) electrons. The third kappa shape index (κ3) is 7.10. The first kappa shape index (κ1) is 23.3. The SMILES string of the molecule is CC(C)(C)OC(=O)Nc1ccc(C(=O)Nc2ccc(C(=O)Nc3ccc(N)cc3)cc2)cc1. The van der Waals surface area contributed by atoms with E-state index in [4.69, 9.17) is 10.5 Å². The molecule has 3 amide bonds. The molecule has 170 valence electrons. The number of nitrogens with two attached hydrogens (primary N) is 1. The van der Waals surface area contributed by atoms with Crippen molar-refractivity contribution in [1.29, 1.82) is 0 Å². The second-order valence-corrected chi connectivity index (χ2v) is 8.31. The lowest BCUT2D eigenvalue weighted by Crippen LogP contribution is -2.27. The maximum absolute atomic E-state index is 12.5. The third-order valence-electron chi connectivity index (χ3n) is 4.37. The minimum atomic E-state index is -0.601. The fourth-order valence-electron chi connectivity index (χ4n) is 2.80. The number of rotatable bonds is 5. The highest BCUT2D eigenvalue weighted by molar-refractivity contribution is 6.06. The minimum absolute atomic E-state index is 0.272. The van der Waals surface area contributed by atoms with E-state index in [2.05, 4.69) is 16.0 Å². The van der Waals surface area contributed by atoms with Gasteiger partial charge in [-0.2, -0.15) is 0 Å². The summed E-state index contributed by atoms with van der Waals surface area (Å²) in [5, 5.41) is 8.17. The van der Waals surface area contributed by atoms with Crippen LogP contribution in [0, 0.1) is 0 Å². The van der Waals surface area contributed by atoms with E-state index in [1.54, 1.807) is 93.6 Å². The molecule has 0 aliphatic rings. The van der Waals surface area contributed by atoms with E-state index < -0.39 is 11.7 Å². The Bertz CT molecular complexity index is 1130. The second-order valence-electron chi connectivity index (χ2n) is 8.31. The van der Waals surface area contributed by atoms with Crippen LogP contribution in [0.15, 0.2) is 72.8 Å². The van der Waals surface area contributed by atoms with Gasteiger partial charge in [0.1, 0.15) is 5.60 Å². The molecule has 33 heavy (non-hydrogen) atoms. The second kappa shape index (κ2) is 9.86. The maximum Gasteiger partial charge on any atom is 0.412 e.